The van der Waals surface area contributed by atoms with Gasteiger partial charge in [-0.05, 0) is 35.9 Å². The van der Waals surface area contributed by atoms with Crippen molar-refractivity contribution in [2.24, 2.45) is 0 Å². The molecule has 9 heteroatoms. The quantitative estimate of drug-likeness (QED) is 0.468. The number of halogens is 3. The van der Waals surface area contributed by atoms with E-state index in [1.165, 1.54) is 6.07 Å². The Hall–Kier alpha value is -3.46. The van der Waals surface area contributed by atoms with E-state index in [4.69, 9.17) is 0 Å². The SMILES string of the molecule is O=C(Nc1nc(-c2cccc(C(F)(F)F)c2)cs1)c1ccc(Cn2cccn2)cc1. The molecule has 0 atom stereocenters. The van der Waals surface area contributed by atoms with Crippen LogP contribution in [0.3, 0.4) is 0 Å². The number of hydrogen-bond acceptors (Lipinski definition) is 4. The molecule has 4 rings (SSSR count). The summed E-state index contributed by atoms with van der Waals surface area (Å²) in [6, 6.07) is 13.9. The Morgan fingerprint density at radius 3 is 2.60 bits per heavy atom. The fourth-order valence-corrected chi connectivity index (χ4v) is 3.55. The lowest BCUT2D eigenvalue weighted by atomic mass is 10.1. The van der Waals surface area contributed by atoms with Crippen LogP contribution >= 0.6 is 11.3 Å². The topological polar surface area (TPSA) is 59.8 Å². The third kappa shape index (κ3) is 4.57. The minimum absolute atomic E-state index is 0.313. The Balaban J connectivity index is 1.44. The number of carbonyl (C=O) groups excluding carboxylic acids is 1. The average molecular weight is 428 g/mol. The molecule has 5 nitrogen and oxygen atoms in total. The first-order valence-corrected chi connectivity index (χ1v) is 9.77. The lowest BCUT2D eigenvalue weighted by Gasteiger charge is -2.07. The molecule has 0 radical (unpaired) electrons. The summed E-state index contributed by atoms with van der Waals surface area (Å²) < 4.78 is 40.5. The van der Waals surface area contributed by atoms with E-state index in [0.29, 0.717) is 28.5 Å². The van der Waals surface area contributed by atoms with Gasteiger partial charge in [0.2, 0.25) is 0 Å². The number of anilines is 1. The summed E-state index contributed by atoms with van der Waals surface area (Å²) in [7, 11) is 0. The molecule has 2 heterocycles. The molecule has 4 aromatic rings. The molecule has 0 bridgehead atoms. The standard InChI is InChI=1S/C21H15F3N4OS/c22-21(23,24)17-4-1-3-16(11-17)18-13-30-20(26-18)27-19(29)15-7-5-14(6-8-15)12-28-10-2-9-25-28/h1-11,13H,12H2,(H,26,27,29). The van der Waals surface area contributed by atoms with Gasteiger partial charge in [-0.1, -0.05) is 24.3 Å². The van der Waals surface area contributed by atoms with Crippen molar-refractivity contribution in [2.75, 3.05) is 5.32 Å². The molecule has 2 aromatic carbocycles. The maximum atomic E-state index is 12.9. The van der Waals surface area contributed by atoms with Gasteiger partial charge in [-0.3, -0.25) is 14.8 Å². The van der Waals surface area contributed by atoms with E-state index >= 15 is 0 Å². The van der Waals surface area contributed by atoms with Gasteiger partial charge in [0.1, 0.15) is 0 Å². The lowest BCUT2D eigenvalue weighted by molar-refractivity contribution is -0.137. The smallest absolute Gasteiger partial charge is 0.298 e. The first-order valence-electron chi connectivity index (χ1n) is 8.89. The Kier molecular flexibility index (Phi) is 5.37. The zero-order valence-corrected chi connectivity index (χ0v) is 16.2. The molecular formula is C21H15F3N4OS. The van der Waals surface area contributed by atoms with Crippen LogP contribution in [0, 0.1) is 0 Å². The van der Waals surface area contributed by atoms with Crippen LogP contribution in [0.5, 0.6) is 0 Å². The van der Waals surface area contributed by atoms with Crippen molar-refractivity contribution in [3.05, 3.63) is 89.1 Å². The third-order valence-corrected chi connectivity index (χ3v) is 5.09. The van der Waals surface area contributed by atoms with Gasteiger partial charge >= 0.3 is 6.18 Å². The van der Waals surface area contributed by atoms with Crippen LogP contribution in [0.1, 0.15) is 21.5 Å². The number of nitrogens with zero attached hydrogens (tertiary/aromatic N) is 3. The van der Waals surface area contributed by atoms with Gasteiger partial charge in [-0.2, -0.15) is 18.3 Å². The molecule has 0 aliphatic carbocycles. The zero-order chi connectivity index (χ0) is 21.1. The van der Waals surface area contributed by atoms with Crippen LogP contribution in [0.2, 0.25) is 0 Å². The van der Waals surface area contributed by atoms with Crippen LogP contribution in [-0.4, -0.2) is 20.7 Å². The first kappa shape index (κ1) is 19.8. The maximum Gasteiger partial charge on any atom is 0.416 e. The van der Waals surface area contributed by atoms with Crippen molar-refractivity contribution in [1.82, 2.24) is 14.8 Å². The molecule has 0 unspecified atom stereocenters. The summed E-state index contributed by atoms with van der Waals surface area (Å²) in [5.41, 5.74) is 1.42. The van der Waals surface area contributed by atoms with Gasteiger partial charge in [0.15, 0.2) is 5.13 Å². The summed E-state index contributed by atoms with van der Waals surface area (Å²) in [6.07, 6.45) is -0.874. The maximum absolute atomic E-state index is 12.9. The van der Waals surface area contributed by atoms with Gasteiger partial charge in [-0.15, -0.1) is 11.3 Å². The highest BCUT2D eigenvalue weighted by Crippen LogP contribution is 2.33. The summed E-state index contributed by atoms with van der Waals surface area (Å²) in [5.74, 6) is -0.342. The third-order valence-electron chi connectivity index (χ3n) is 4.33. The van der Waals surface area contributed by atoms with Crippen molar-refractivity contribution < 1.29 is 18.0 Å². The Labute approximate surface area is 173 Å². The Morgan fingerprint density at radius 1 is 1.10 bits per heavy atom. The molecule has 152 valence electrons. The lowest BCUT2D eigenvalue weighted by Crippen LogP contribution is -2.12. The average Bonchev–Trinajstić information content (AvgIpc) is 3.40. The largest absolute Gasteiger partial charge is 0.416 e. The molecule has 2 aromatic heterocycles. The number of carbonyl (C=O) groups is 1. The van der Waals surface area contributed by atoms with Gasteiger partial charge < -0.3 is 0 Å². The van der Waals surface area contributed by atoms with Crippen molar-refractivity contribution >= 4 is 22.4 Å². The number of aromatic nitrogens is 3. The van der Waals surface area contributed by atoms with Gasteiger partial charge in [-0.25, -0.2) is 4.98 Å². The van der Waals surface area contributed by atoms with Crippen molar-refractivity contribution in [2.45, 2.75) is 12.7 Å². The van der Waals surface area contributed by atoms with E-state index in [2.05, 4.69) is 15.4 Å². The molecule has 0 saturated heterocycles. The predicted octanol–water partition coefficient (Wildman–Crippen LogP) is 5.33. The van der Waals surface area contributed by atoms with E-state index in [9.17, 15) is 18.0 Å². The number of alkyl halides is 3. The fraction of sp³-hybridized carbons (Fsp3) is 0.0952. The number of benzene rings is 2. The highest BCUT2D eigenvalue weighted by atomic mass is 32.1. The molecule has 1 N–H and O–H groups in total. The fourth-order valence-electron chi connectivity index (χ4n) is 2.83. The Morgan fingerprint density at radius 2 is 1.90 bits per heavy atom. The highest BCUT2D eigenvalue weighted by Gasteiger charge is 2.30. The van der Waals surface area contributed by atoms with E-state index in [1.807, 2.05) is 24.4 Å². The van der Waals surface area contributed by atoms with Crippen LogP contribution in [0.4, 0.5) is 18.3 Å². The van der Waals surface area contributed by atoms with Gasteiger partial charge in [0.25, 0.3) is 5.91 Å². The van der Waals surface area contributed by atoms with Crippen LogP contribution in [-0.2, 0) is 12.7 Å². The van der Waals surface area contributed by atoms with Crippen molar-refractivity contribution in [3.8, 4) is 11.3 Å². The number of hydrogen-bond donors (Lipinski definition) is 1. The van der Waals surface area contributed by atoms with E-state index in [-0.39, 0.29) is 5.91 Å². The minimum atomic E-state index is -4.42. The predicted molar refractivity (Wildman–Crippen MR) is 108 cm³/mol. The van der Waals surface area contributed by atoms with E-state index < -0.39 is 11.7 Å². The zero-order valence-electron chi connectivity index (χ0n) is 15.4. The Bertz CT molecular complexity index is 1150. The van der Waals surface area contributed by atoms with Gasteiger partial charge in [0.05, 0.1) is 17.8 Å². The molecule has 0 aliphatic rings. The van der Waals surface area contributed by atoms with Gasteiger partial charge in [0, 0.05) is 28.9 Å². The van der Waals surface area contributed by atoms with E-state index in [1.54, 1.807) is 34.5 Å². The normalized spacial score (nSPS) is 11.4. The molecule has 0 saturated carbocycles. The second-order valence-electron chi connectivity index (χ2n) is 6.47. The summed E-state index contributed by atoms with van der Waals surface area (Å²) in [6.45, 7) is 0.599. The van der Waals surface area contributed by atoms with Crippen LogP contribution < -0.4 is 5.32 Å². The summed E-state index contributed by atoms with van der Waals surface area (Å²) in [4.78, 5) is 16.7. The number of rotatable bonds is 5. The second-order valence-corrected chi connectivity index (χ2v) is 7.33. The molecule has 0 fully saturated rings. The summed E-state index contributed by atoms with van der Waals surface area (Å²) >= 11 is 1.15. The second kappa shape index (κ2) is 8.11. The molecule has 0 spiro atoms. The first-order chi connectivity index (χ1) is 14.4. The number of nitrogens with one attached hydrogen (secondary N) is 1. The molecule has 0 aliphatic heterocycles. The minimum Gasteiger partial charge on any atom is -0.298 e. The summed E-state index contributed by atoms with van der Waals surface area (Å²) in [5, 5.41) is 8.75. The molecule has 1 amide bonds. The number of thiazole rings is 1. The highest BCUT2D eigenvalue weighted by molar-refractivity contribution is 7.14. The van der Waals surface area contributed by atoms with Crippen molar-refractivity contribution in [1.29, 1.82) is 0 Å². The van der Waals surface area contributed by atoms with Crippen LogP contribution in [0.25, 0.3) is 11.3 Å². The molecule has 30 heavy (non-hydrogen) atoms. The van der Waals surface area contributed by atoms with Crippen molar-refractivity contribution in [3.63, 3.8) is 0 Å². The van der Waals surface area contributed by atoms with Crippen LogP contribution in [0.15, 0.2) is 72.4 Å². The molecular weight excluding hydrogens is 413 g/mol. The van der Waals surface area contributed by atoms with E-state index in [0.717, 1.165) is 29.0 Å². The monoisotopic (exact) mass is 428 g/mol. The number of amides is 1.